The molecule has 0 saturated carbocycles. The first-order chi connectivity index (χ1) is 13.4. The molecule has 0 heterocycles. The Balaban J connectivity index is 1.82. The van der Waals surface area contributed by atoms with Gasteiger partial charge in [-0.15, -0.1) is 0 Å². The standard InChI is InChI=1S/C23H24BCl2NO/c1-16-8-10-19(13-22(16)25)24(28-21-11-9-17(2)23(26)14-21)15-20(27)12-18-6-4-3-5-7-18/h3-11,13-14,20H,12,15,27H2,1-2H3. The Bertz CT molecular complexity index is 933. The van der Waals surface area contributed by atoms with Crippen molar-refractivity contribution in [2.45, 2.75) is 32.6 Å². The lowest BCUT2D eigenvalue weighted by molar-refractivity contribution is 0.563. The van der Waals surface area contributed by atoms with Gasteiger partial charge in [0.1, 0.15) is 5.75 Å². The molecule has 2 N–H and O–H groups in total. The summed E-state index contributed by atoms with van der Waals surface area (Å²) in [7, 11) is 0. The SMILES string of the molecule is Cc1ccc(OB(CC(N)Cc2ccccc2)c2ccc(C)c(Cl)c2)cc1Cl. The summed E-state index contributed by atoms with van der Waals surface area (Å²) < 4.78 is 6.32. The summed E-state index contributed by atoms with van der Waals surface area (Å²) in [6.07, 6.45) is 1.45. The van der Waals surface area contributed by atoms with E-state index in [1.807, 2.05) is 62.4 Å². The van der Waals surface area contributed by atoms with E-state index in [1.165, 1.54) is 5.56 Å². The van der Waals surface area contributed by atoms with Crippen molar-refractivity contribution in [3.63, 3.8) is 0 Å². The molecule has 0 bridgehead atoms. The smallest absolute Gasteiger partial charge is 0.393 e. The van der Waals surface area contributed by atoms with Crippen LogP contribution >= 0.6 is 23.2 Å². The van der Waals surface area contributed by atoms with Crippen molar-refractivity contribution in [3.8, 4) is 5.75 Å². The predicted molar refractivity (Wildman–Crippen MR) is 121 cm³/mol. The summed E-state index contributed by atoms with van der Waals surface area (Å²) in [6, 6.07) is 22.0. The van der Waals surface area contributed by atoms with Gasteiger partial charge >= 0.3 is 6.92 Å². The van der Waals surface area contributed by atoms with Gasteiger partial charge in [0.05, 0.1) is 0 Å². The van der Waals surface area contributed by atoms with E-state index in [-0.39, 0.29) is 13.0 Å². The molecule has 0 spiro atoms. The van der Waals surface area contributed by atoms with Gasteiger partial charge in [0, 0.05) is 16.1 Å². The van der Waals surface area contributed by atoms with E-state index >= 15 is 0 Å². The van der Waals surface area contributed by atoms with Crippen LogP contribution in [0.4, 0.5) is 0 Å². The van der Waals surface area contributed by atoms with Crippen molar-refractivity contribution < 1.29 is 4.65 Å². The van der Waals surface area contributed by atoms with Crippen molar-refractivity contribution >= 4 is 35.6 Å². The summed E-state index contributed by atoms with van der Waals surface area (Å²) in [4.78, 5) is 0. The molecule has 0 saturated heterocycles. The maximum atomic E-state index is 6.48. The van der Waals surface area contributed by atoms with Gasteiger partial charge in [-0.05, 0) is 66.9 Å². The minimum absolute atomic E-state index is 0.0478. The lowest BCUT2D eigenvalue weighted by Gasteiger charge is -2.21. The molecule has 0 aliphatic rings. The first-order valence-corrected chi connectivity index (χ1v) is 10.2. The average molecular weight is 412 g/mol. The van der Waals surface area contributed by atoms with Crippen molar-refractivity contribution in [1.82, 2.24) is 0 Å². The lowest BCUT2D eigenvalue weighted by atomic mass is 9.56. The zero-order chi connectivity index (χ0) is 20.1. The lowest BCUT2D eigenvalue weighted by Crippen LogP contribution is -2.42. The fourth-order valence-corrected chi connectivity index (χ4v) is 3.51. The number of rotatable bonds is 7. The molecule has 28 heavy (non-hydrogen) atoms. The summed E-state index contributed by atoms with van der Waals surface area (Å²) in [5, 5.41) is 1.41. The number of hydrogen-bond donors (Lipinski definition) is 1. The number of aryl methyl sites for hydroxylation is 2. The number of hydrogen-bond acceptors (Lipinski definition) is 2. The summed E-state index contributed by atoms with van der Waals surface area (Å²) in [6.45, 7) is 3.75. The Hall–Kier alpha value is -1.94. The van der Waals surface area contributed by atoms with Crippen LogP contribution in [0.15, 0.2) is 66.7 Å². The van der Waals surface area contributed by atoms with Crippen molar-refractivity contribution in [1.29, 1.82) is 0 Å². The van der Waals surface area contributed by atoms with E-state index < -0.39 is 0 Å². The van der Waals surface area contributed by atoms with Gasteiger partial charge in [-0.1, -0.05) is 71.7 Å². The molecule has 3 aromatic rings. The molecular weight excluding hydrogens is 388 g/mol. The van der Waals surface area contributed by atoms with E-state index in [4.69, 9.17) is 33.6 Å². The van der Waals surface area contributed by atoms with Crippen LogP contribution in [-0.2, 0) is 6.42 Å². The maximum Gasteiger partial charge on any atom is 0.393 e. The van der Waals surface area contributed by atoms with Crippen LogP contribution < -0.4 is 15.9 Å². The zero-order valence-corrected chi connectivity index (χ0v) is 17.7. The third-order valence-corrected chi connectivity index (χ3v) is 5.66. The molecule has 5 heteroatoms. The van der Waals surface area contributed by atoms with Gasteiger partial charge in [-0.3, -0.25) is 0 Å². The van der Waals surface area contributed by atoms with Gasteiger partial charge in [0.2, 0.25) is 0 Å². The van der Waals surface area contributed by atoms with E-state index in [9.17, 15) is 0 Å². The number of benzene rings is 3. The van der Waals surface area contributed by atoms with Crippen LogP contribution in [0.1, 0.15) is 16.7 Å². The summed E-state index contributed by atoms with van der Waals surface area (Å²) in [5.74, 6) is 0.726. The van der Waals surface area contributed by atoms with Crippen molar-refractivity contribution in [2.24, 2.45) is 5.73 Å². The number of nitrogens with two attached hydrogens (primary N) is 1. The highest BCUT2D eigenvalue weighted by molar-refractivity contribution is 6.68. The fraction of sp³-hybridized carbons (Fsp3) is 0.217. The highest BCUT2D eigenvalue weighted by atomic mass is 35.5. The third kappa shape index (κ3) is 5.54. The molecule has 0 radical (unpaired) electrons. The Morgan fingerprint density at radius 1 is 0.893 bits per heavy atom. The minimum atomic E-state index is -0.212. The normalized spacial score (nSPS) is 11.9. The van der Waals surface area contributed by atoms with Gasteiger partial charge in [0.15, 0.2) is 0 Å². The Morgan fingerprint density at radius 3 is 2.18 bits per heavy atom. The second kappa shape index (κ2) is 9.51. The monoisotopic (exact) mass is 411 g/mol. The van der Waals surface area contributed by atoms with E-state index in [2.05, 4.69) is 18.2 Å². The second-order valence-electron chi connectivity index (χ2n) is 7.21. The molecule has 2 nitrogen and oxygen atoms in total. The van der Waals surface area contributed by atoms with E-state index in [0.29, 0.717) is 11.3 Å². The van der Waals surface area contributed by atoms with Crippen LogP contribution in [0.25, 0.3) is 0 Å². The molecule has 0 aliphatic carbocycles. The molecule has 0 amide bonds. The molecular formula is C23H24BCl2NO. The molecule has 1 unspecified atom stereocenters. The quantitative estimate of drug-likeness (QED) is 0.524. The zero-order valence-electron chi connectivity index (χ0n) is 16.2. The Kier molecular flexibility index (Phi) is 7.06. The van der Waals surface area contributed by atoms with Gasteiger partial charge in [0.25, 0.3) is 0 Å². The molecule has 0 aromatic heterocycles. The fourth-order valence-electron chi connectivity index (χ4n) is 3.15. The predicted octanol–water partition coefficient (Wildman–Crippen LogP) is 5.46. The first kappa shape index (κ1) is 20.8. The molecule has 3 rings (SSSR count). The second-order valence-corrected chi connectivity index (χ2v) is 8.03. The van der Waals surface area contributed by atoms with Crippen LogP contribution in [-0.4, -0.2) is 13.0 Å². The number of halogens is 2. The van der Waals surface area contributed by atoms with Crippen LogP contribution in [0.2, 0.25) is 16.4 Å². The molecule has 0 fully saturated rings. The third-order valence-electron chi connectivity index (χ3n) is 4.85. The van der Waals surface area contributed by atoms with Gasteiger partial charge in [-0.2, -0.15) is 0 Å². The largest absolute Gasteiger partial charge is 0.556 e. The van der Waals surface area contributed by atoms with Crippen LogP contribution in [0.5, 0.6) is 5.75 Å². The molecule has 0 aliphatic heterocycles. The Morgan fingerprint density at radius 2 is 1.54 bits per heavy atom. The summed E-state index contributed by atoms with van der Waals surface area (Å²) in [5.41, 5.74) is 10.8. The molecule has 144 valence electrons. The minimum Gasteiger partial charge on any atom is -0.556 e. The molecule has 3 aromatic carbocycles. The highest BCUT2D eigenvalue weighted by Gasteiger charge is 2.25. The van der Waals surface area contributed by atoms with Crippen molar-refractivity contribution in [3.05, 3.63) is 93.5 Å². The van der Waals surface area contributed by atoms with Crippen LogP contribution in [0.3, 0.4) is 0 Å². The topological polar surface area (TPSA) is 35.2 Å². The van der Waals surface area contributed by atoms with E-state index in [1.54, 1.807) is 0 Å². The molecule has 1 atom stereocenters. The van der Waals surface area contributed by atoms with Gasteiger partial charge < -0.3 is 10.4 Å². The average Bonchev–Trinajstić information content (AvgIpc) is 2.67. The Labute approximate surface area is 177 Å². The van der Waals surface area contributed by atoms with Crippen LogP contribution in [0, 0.1) is 13.8 Å². The van der Waals surface area contributed by atoms with Gasteiger partial charge in [-0.25, -0.2) is 0 Å². The van der Waals surface area contributed by atoms with Crippen molar-refractivity contribution in [2.75, 3.05) is 0 Å². The first-order valence-electron chi connectivity index (χ1n) is 9.40. The highest BCUT2D eigenvalue weighted by Crippen LogP contribution is 2.23. The maximum absolute atomic E-state index is 6.48. The summed E-state index contributed by atoms with van der Waals surface area (Å²) >= 11 is 12.6. The van der Waals surface area contributed by atoms with E-state index in [0.717, 1.165) is 33.8 Å².